The molecule has 2 N–H and O–H groups in total. The molecule has 0 saturated carbocycles. The molecule has 2 amide bonds. The number of carbonyl (C=O) groups excluding carboxylic acids is 2. The van der Waals surface area contributed by atoms with Gasteiger partial charge in [-0.25, -0.2) is 0 Å². The molecule has 4 aromatic rings. The molecule has 0 saturated heterocycles. The Morgan fingerprint density at radius 3 is 2.09 bits per heavy atom. The molecule has 0 aliphatic heterocycles. The van der Waals surface area contributed by atoms with E-state index in [1.165, 1.54) is 11.0 Å². The van der Waals surface area contributed by atoms with Gasteiger partial charge in [-0.2, -0.15) is 0 Å². The van der Waals surface area contributed by atoms with Crippen molar-refractivity contribution in [2.75, 3.05) is 17.3 Å². The topological polar surface area (TPSA) is 69.6 Å². The SMILES string of the molecule is CN(C(=O)c1ccc(NC(=O)c2ccccc2-c2ccccc2)cc1)c1ccccc1O. The van der Waals surface area contributed by atoms with Crippen LogP contribution in [0.25, 0.3) is 11.1 Å². The fourth-order valence-corrected chi connectivity index (χ4v) is 3.50. The summed E-state index contributed by atoms with van der Waals surface area (Å²) in [6.07, 6.45) is 0. The van der Waals surface area contributed by atoms with Gasteiger partial charge < -0.3 is 15.3 Å². The Labute approximate surface area is 186 Å². The van der Waals surface area contributed by atoms with Crippen LogP contribution in [0.2, 0.25) is 0 Å². The van der Waals surface area contributed by atoms with Crippen LogP contribution in [-0.2, 0) is 0 Å². The zero-order valence-corrected chi connectivity index (χ0v) is 17.5. The van der Waals surface area contributed by atoms with Gasteiger partial charge >= 0.3 is 0 Å². The number of amides is 2. The fourth-order valence-electron chi connectivity index (χ4n) is 3.50. The quantitative estimate of drug-likeness (QED) is 0.441. The Balaban J connectivity index is 1.51. The third-order valence-corrected chi connectivity index (χ3v) is 5.19. The molecule has 0 heterocycles. The highest BCUT2D eigenvalue weighted by molar-refractivity contribution is 6.09. The molecule has 5 heteroatoms. The van der Waals surface area contributed by atoms with Crippen LogP contribution in [0.5, 0.6) is 5.75 Å². The smallest absolute Gasteiger partial charge is 0.258 e. The van der Waals surface area contributed by atoms with Crippen LogP contribution in [0, 0.1) is 0 Å². The van der Waals surface area contributed by atoms with Gasteiger partial charge in [0, 0.05) is 23.9 Å². The molecule has 5 nitrogen and oxygen atoms in total. The minimum atomic E-state index is -0.265. The summed E-state index contributed by atoms with van der Waals surface area (Å²) in [7, 11) is 1.60. The molecule has 0 aliphatic rings. The number of aromatic hydroxyl groups is 1. The van der Waals surface area contributed by atoms with Crippen molar-refractivity contribution in [3.05, 3.63) is 114 Å². The van der Waals surface area contributed by atoms with Gasteiger partial charge in [0.25, 0.3) is 11.8 Å². The van der Waals surface area contributed by atoms with Gasteiger partial charge in [-0.3, -0.25) is 9.59 Å². The normalized spacial score (nSPS) is 10.4. The first kappa shape index (κ1) is 20.9. The first-order valence-corrected chi connectivity index (χ1v) is 10.2. The lowest BCUT2D eigenvalue weighted by Crippen LogP contribution is -2.26. The van der Waals surface area contributed by atoms with Crippen LogP contribution in [0.1, 0.15) is 20.7 Å². The van der Waals surface area contributed by atoms with Crippen molar-refractivity contribution in [1.29, 1.82) is 0 Å². The van der Waals surface area contributed by atoms with Crippen molar-refractivity contribution in [3.8, 4) is 16.9 Å². The highest BCUT2D eigenvalue weighted by atomic mass is 16.3. The molecular formula is C27H22N2O3. The Kier molecular flexibility index (Phi) is 5.99. The maximum atomic E-state index is 12.9. The number of anilines is 2. The number of hydrogen-bond acceptors (Lipinski definition) is 3. The fraction of sp³-hybridized carbons (Fsp3) is 0.0370. The van der Waals surface area contributed by atoms with Gasteiger partial charge in [0.1, 0.15) is 5.75 Å². The van der Waals surface area contributed by atoms with Crippen LogP contribution < -0.4 is 10.2 Å². The van der Waals surface area contributed by atoms with E-state index in [1.807, 2.05) is 48.5 Å². The first-order chi connectivity index (χ1) is 15.5. The largest absolute Gasteiger partial charge is 0.506 e. The molecule has 4 rings (SSSR count). The standard InChI is InChI=1S/C27H22N2O3/c1-29(24-13-7-8-14-25(24)30)27(32)20-15-17-21(18-16-20)28-26(31)23-12-6-5-11-22(23)19-9-3-2-4-10-19/h2-18,30H,1H3,(H,28,31). The van der Waals surface area contributed by atoms with E-state index in [9.17, 15) is 14.7 Å². The molecule has 158 valence electrons. The Hall–Kier alpha value is -4.38. The van der Waals surface area contributed by atoms with E-state index >= 15 is 0 Å². The summed E-state index contributed by atoms with van der Waals surface area (Å²) in [5.74, 6) is -0.460. The number of nitrogens with zero attached hydrogens (tertiary/aromatic N) is 1. The van der Waals surface area contributed by atoms with Crippen LogP contribution >= 0.6 is 0 Å². The second-order valence-corrected chi connectivity index (χ2v) is 7.30. The minimum absolute atomic E-state index is 0.0318. The number of rotatable bonds is 5. The lowest BCUT2D eigenvalue weighted by atomic mass is 9.99. The molecule has 0 bridgehead atoms. The second kappa shape index (κ2) is 9.18. The van der Waals surface area contributed by atoms with Crippen LogP contribution in [-0.4, -0.2) is 24.0 Å². The number of hydrogen-bond donors (Lipinski definition) is 2. The Morgan fingerprint density at radius 1 is 0.750 bits per heavy atom. The Bertz CT molecular complexity index is 1250. The van der Waals surface area contributed by atoms with Crippen molar-refractivity contribution in [2.24, 2.45) is 0 Å². The van der Waals surface area contributed by atoms with E-state index in [4.69, 9.17) is 0 Å². The molecule has 0 aliphatic carbocycles. The number of benzene rings is 4. The lowest BCUT2D eigenvalue weighted by Gasteiger charge is -2.18. The minimum Gasteiger partial charge on any atom is -0.506 e. The molecule has 4 aromatic carbocycles. The number of phenols is 1. The van der Waals surface area contributed by atoms with Gasteiger partial charge in [-0.15, -0.1) is 0 Å². The zero-order chi connectivity index (χ0) is 22.5. The molecular weight excluding hydrogens is 400 g/mol. The number of para-hydroxylation sites is 2. The van der Waals surface area contributed by atoms with Gasteiger partial charge in [0.15, 0.2) is 0 Å². The molecule has 0 atom stereocenters. The van der Waals surface area contributed by atoms with Crippen molar-refractivity contribution >= 4 is 23.2 Å². The predicted octanol–water partition coefficient (Wildman–Crippen LogP) is 5.59. The second-order valence-electron chi connectivity index (χ2n) is 7.30. The van der Waals surface area contributed by atoms with Gasteiger partial charge in [-0.1, -0.05) is 60.7 Å². The summed E-state index contributed by atoms with van der Waals surface area (Å²) in [5, 5.41) is 12.9. The van der Waals surface area contributed by atoms with E-state index in [0.29, 0.717) is 22.5 Å². The molecule has 0 radical (unpaired) electrons. The summed E-state index contributed by atoms with van der Waals surface area (Å²) in [5.41, 5.74) is 3.83. The van der Waals surface area contributed by atoms with E-state index in [2.05, 4.69) is 5.32 Å². The van der Waals surface area contributed by atoms with E-state index in [0.717, 1.165) is 11.1 Å². The first-order valence-electron chi connectivity index (χ1n) is 10.2. The molecule has 0 unspecified atom stereocenters. The van der Waals surface area contributed by atoms with Crippen molar-refractivity contribution in [1.82, 2.24) is 0 Å². The van der Waals surface area contributed by atoms with Crippen molar-refractivity contribution in [2.45, 2.75) is 0 Å². The zero-order valence-electron chi connectivity index (χ0n) is 17.5. The van der Waals surface area contributed by atoms with Crippen molar-refractivity contribution in [3.63, 3.8) is 0 Å². The highest BCUT2D eigenvalue weighted by Gasteiger charge is 2.17. The summed E-state index contributed by atoms with van der Waals surface area (Å²) in [4.78, 5) is 27.1. The number of nitrogens with one attached hydrogen (secondary N) is 1. The summed E-state index contributed by atoms with van der Waals surface area (Å²) < 4.78 is 0. The summed E-state index contributed by atoms with van der Waals surface area (Å²) in [6, 6.07) is 30.5. The van der Waals surface area contributed by atoms with Gasteiger partial charge in [0.05, 0.1) is 5.69 Å². The van der Waals surface area contributed by atoms with E-state index in [1.54, 1.807) is 55.6 Å². The average molecular weight is 422 g/mol. The lowest BCUT2D eigenvalue weighted by molar-refractivity contribution is 0.0991. The molecule has 0 spiro atoms. The Morgan fingerprint density at radius 2 is 1.38 bits per heavy atom. The number of phenolic OH excluding ortho intramolecular Hbond substituents is 1. The monoisotopic (exact) mass is 422 g/mol. The van der Waals surface area contributed by atoms with Crippen molar-refractivity contribution < 1.29 is 14.7 Å². The number of carbonyl (C=O) groups is 2. The summed E-state index contributed by atoms with van der Waals surface area (Å²) in [6.45, 7) is 0. The van der Waals surface area contributed by atoms with Gasteiger partial charge in [0.2, 0.25) is 0 Å². The predicted molar refractivity (Wildman–Crippen MR) is 127 cm³/mol. The summed E-state index contributed by atoms with van der Waals surface area (Å²) >= 11 is 0. The molecule has 0 aromatic heterocycles. The molecule has 0 fully saturated rings. The van der Waals surface area contributed by atoms with Gasteiger partial charge in [-0.05, 0) is 53.6 Å². The highest BCUT2D eigenvalue weighted by Crippen LogP contribution is 2.27. The van der Waals surface area contributed by atoms with E-state index in [-0.39, 0.29) is 17.6 Å². The van der Waals surface area contributed by atoms with Crippen LogP contribution in [0.4, 0.5) is 11.4 Å². The maximum Gasteiger partial charge on any atom is 0.258 e. The third kappa shape index (κ3) is 4.37. The third-order valence-electron chi connectivity index (χ3n) is 5.19. The van der Waals surface area contributed by atoms with E-state index < -0.39 is 0 Å². The average Bonchev–Trinajstić information content (AvgIpc) is 2.84. The maximum absolute atomic E-state index is 12.9. The molecule has 32 heavy (non-hydrogen) atoms. The van der Waals surface area contributed by atoms with Crippen LogP contribution in [0.15, 0.2) is 103 Å². The van der Waals surface area contributed by atoms with Crippen LogP contribution in [0.3, 0.4) is 0 Å².